The molecule has 0 bridgehead atoms. The van der Waals surface area contributed by atoms with E-state index in [-0.39, 0.29) is 5.54 Å². The second-order valence-corrected chi connectivity index (χ2v) is 7.35. The zero-order valence-corrected chi connectivity index (χ0v) is 14.2. The molecule has 3 nitrogen and oxygen atoms in total. The predicted molar refractivity (Wildman–Crippen MR) is 89.6 cm³/mol. The minimum atomic E-state index is 0.0129. The summed E-state index contributed by atoms with van der Waals surface area (Å²) in [5.74, 6) is 0.649. The number of nitrogens with zero attached hydrogens (tertiary/aromatic N) is 1. The first-order valence-corrected chi connectivity index (χ1v) is 9.28. The zero-order chi connectivity index (χ0) is 15.1. The van der Waals surface area contributed by atoms with Crippen LogP contribution in [-0.2, 0) is 0 Å². The van der Waals surface area contributed by atoms with E-state index in [1.54, 1.807) is 0 Å². The van der Waals surface area contributed by atoms with Crippen LogP contribution >= 0.6 is 0 Å². The second-order valence-electron chi connectivity index (χ2n) is 7.35. The summed E-state index contributed by atoms with van der Waals surface area (Å²) in [7, 11) is 2.32. The summed E-state index contributed by atoms with van der Waals surface area (Å²) in [5.41, 5.74) is 0.0129. The van der Waals surface area contributed by atoms with Crippen LogP contribution in [0.15, 0.2) is 0 Å². The standard InChI is InChI=1S/C18H36N2O/c1-3-19-18(15-21)13-8-9-16(18)12-14-20(2)17-10-6-4-5-7-11-17/h16-17,19,21H,3-15H2,1-2H3. The van der Waals surface area contributed by atoms with Crippen LogP contribution in [0.5, 0.6) is 0 Å². The highest BCUT2D eigenvalue weighted by molar-refractivity contribution is 4.99. The quantitative estimate of drug-likeness (QED) is 0.708. The molecule has 124 valence electrons. The Morgan fingerprint density at radius 2 is 1.81 bits per heavy atom. The largest absolute Gasteiger partial charge is 0.394 e. The average molecular weight is 296 g/mol. The van der Waals surface area contributed by atoms with Crippen LogP contribution in [0.3, 0.4) is 0 Å². The van der Waals surface area contributed by atoms with Crippen LogP contribution in [0.1, 0.15) is 71.1 Å². The first-order valence-electron chi connectivity index (χ1n) is 9.28. The number of rotatable bonds is 7. The number of hydrogen-bond donors (Lipinski definition) is 2. The summed E-state index contributed by atoms with van der Waals surface area (Å²) in [6.45, 7) is 4.63. The van der Waals surface area contributed by atoms with E-state index in [1.807, 2.05) is 0 Å². The van der Waals surface area contributed by atoms with Crippen LogP contribution in [0, 0.1) is 5.92 Å². The Balaban J connectivity index is 1.83. The van der Waals surface area contributed by atoms with E-state index in [9.17, 15) is 5.11 Å². The van der Waals surface area contributed by atoms with Gasteiger partial charge < -0.3 is 15.3 Å². The number of nitrogens with one attached hydrogen (secondary N) is 1. The third-order valence-corrected chi connectivity index (χ3v) is 6.05. The summed E-state index contributed by atoms with van der Waals surface area (Å²) in [5, 5.41) is 13.5. The average Bonchev–Trinajstić information content (AvgIpc) is 2.72. The normalized spacial score (nSPS) is 31.7. The van der Waals surface area contributed by atoms with Crippen LogP contribution in [0.25, 0.3) is 0 Å². The molecule has 2 fully saturated rings. The van der Waals surface area contributed by atoms with Gasteiger partial charge in [0.2, 0.25) is 0 Å². The predicted octanol–water partition coefficient (Wildman–Crippen LogP) is 3.17. The summed E-state index contributed by atoms with van der Waals surface area (Å²) in [4.78, 5) is 2.61. The Hall–Kier alpha value is -0.120. The molecule has 0 saturated heterocycles. The minimum Gasteiger partial charge on any atom is -0.394 e. The molecule has 3 heteroatoms. The second kappa shape index (κ2) is 8.50. The molecule has 2 aliphatic carbocycles. The topological polar surface area (TPSA) is 35.5 Å². The van der Waals surface area contributed by atoms with E-state index >= 15 is 0 Å². The van der Waals surface area contributed by atoms with Crippen molar-refractivity contribution in [3.8, 4) is 0 Å². The Kier molecular flexibility index (Phi) is 6.97. The zero-order valence-electron chi connectivity index (χ0n) is 14.2. The lowest BCUT2D eigenvalue weighted by Crippen LogP contribution is -2.52. The first kappa shape index (κ1) is 17.2. The van der Waals surface area contributed by atoms with Crippen molar-refractivity contribution in [1.29, 1.82) is 0 Å². The fourth-order valence-electron chi connectivity index (χ4n) is 4.65. The maximum absolute atomic E-state index is 9.89. The molecule has 0 aliphatic heterocycles. The highest BCUT2D eigenvalue weighted by Gasteiger charge is 2.41. The molecular weight excluding hydrogens is 260 g/mol. The van der Waals surface area contributed by atoms with Crippen molar-refractivity contribution in [2.45, 2.75) is 82.7 Å². The Morgan fingerprint density at radius 1 is 1.10 bits per heavy atom. The van der Waals surface area contributed by atoms with Gasteiger partial charge in [-0.15, -0.1) is 0 Å². The number of aliphatic hydroxyl groups excluding tert-OH is 1. The number of aliphatic hydroxyl groups is 1. The van der Waals surface area contributed by atoms with E-state index in [0.717, 1.165) is 19.0 Å². The molecule has 2 aliphatic rings. The van der Waals surface area contributed by atoms with Gasteiger partial charge in [0.1, 0.15) is 0 Å². The van der Waals surface area contributed by atoms with E-state index in [0.29, 0.717) is 12.5 Å². The van der Waals surface area contributed by atoms with Crippen molar-refractivity contribution >= 4 is 0 Å². The Bertz CT molecular complexity index is 289. The molecule has 2 unspecified atom stereocenters. The molecule has 0 aromatic heterocycles. The van der Waals surface area contributed by atoms with Crippen molar-refractivity contribution in [1.82, 2.24) is 10.2 Å². The van der Waals surface area contributed by atoms with Crippen molar-refractivity contribution in [2.24, 2.45) is 5.92 Å². The lowest BCUT2D eigenvalue weighted by atomic mass is 9.85. The van der Waals surface area contributed by atoms with Gasteiger partial charge in [0.15, 0.2) is 0 Å². The lowest BCUT2D eigenvalue weighted by Gasteiger charge is -2.36. The molecule has 0 aromatic rings. The fourth-order valence-corrected chi connectivity index (χ4v) is 4.65. The van der Waals surface area contributed by atoms with Crippen LogP contribution < -0.4 is 5.32 Å². The van der Waals surface area contributed by atoms with Gasteiger partial charge in [-0.1, -0.05) is 39.0 Å². The van der Waals surface area contributed by atoms with E-state index in [2.05, 4.69) is 24.2 Å². The SMILES string of the molecule is CCNC1(CO)CCCC1CCN(C)C1CCCCCC1. The van der Waals surface area contributed by atoms with Crippen LogP contribution in [0.2, 0.25) is 0 Å². The molecular formula is C18H36N2O. The molecule has 0 aromatic carbocycles. The maximum Gasteiger partial charge on any atom is 0.0616 e. The van der Waals surface area contributed by atoms with E-state index in [1.165, 1.54) is 64.3 Å². The van der Waals surface area contributed by atoms with Gasteiger partial charge in [-0.25, -0.2) is 0 Å². The third kappa shape index (κ3) is 4.43. The molecule has 2 atom stereocenters. The van der Waals surface area contributed by atoms with Crippen molar-refractivity contribution in [2.75, 3.05) is 26.7 Å². The smallest absolute Gasteiger partial charge is 0.0616 e. The molecule has 2 rings (SSSR count). The van der Waals surface area contributed by atoms with Gasteiger partial charge >= 0.3 is 0 Å². The number of likely N-dealkylation sites (N-methyl/N-ethyl adjacent to an activating group) is 1. The first-order chi connectivity index (χ1) is 10.2. The van der Waals surface area contributed by atoms with Gasteiger partial charge in [-0.05, 0) is 58.2 Å². The monoisotopic (exact) mass is 296 g/mol. The highest BCUT2D eigenvalue weighted by atomic mass is 16.3. The highest BCUT2D eigenvalue weighted by Crippen LogP contribution is 2.38. The lowest BCUT2D eigenvalue weighted by molar-refractivity contribution is 0.109. The molecule has 0 amide bonds. The van der Waals surface area contributed by atoms with E-state index < -0.39 is 0 Å². The summed E-state index contributed by atoms with van der Waals surface area (Å²) in [6.07, 6.45) is 13.4. The van der Waals surface area contributed by atoms with Crippen molar-refractivity contribution in [3.63, 3.8) is 0 Å². The fraction of sp³-hybridized carbons (Fsp3) is 1.00. The maximum atomic E-state index is 9.89. The van der Waals surface area contributed by atoms with Crippen LogP contribution in [0.4, 0.5) is 0 Å². The Labute approximate surface area is 131 Å². The van der Waals surface area contributed by atoms with Gasteiger partial charge in [0, 0.05) is 11.6 Å². The molecule has 2 N–H and O–H groups in total. The van der Waals surface area contributed by atoms with E-state index in [4.69, 9.17) is 0 Å². The Morgan fingerprint density at radius 3 is 2.43 bits per heavy atom. The summed E-state index contributed by atoms with van der Waals surface area (Å²) < 4.78 is 0. The number of hydrogen-bond acceptors (Lipinski definition) is 3. The molecule has 2 saturated carbocycles. The van der Waals surface area contributed by atoms with Gasteiger partial charge in [0.25, 0.3) is 0 Å². The minimum absolute atomic E-state index is 0.0129. The summed E-state index contributed by atoms with van der Waals surface area (Å²) in [6, 6.07) is 0.802. The molecule has 0 spiro atoms. The summed E-state index contributed by atoms with van der Waals surface area (Å²) >= 11 is 0. The van der Waals surface area contributed by atoms with Gasteiger partial charge in [-0.2, -0.15) is 0 Å². The third-order valence-electron chi connectivity index (χ3n) is 6.05. The molecule has 21 heavy (non-hydrogen) atoms. The van der Waals surface area contributed by atoms with Gasteiger partial charge in [-0.3, -0.25) is 0 Å². The van der Waals surface area contributed by atoms with Crippen LogP contribution in [-0.4, -0.2) is 48.3 Å². The van der Waals surface area contributed by atoms with Crippen molar-refractivity contribution < 1.29 is 5.11 Å². The molecule has 0 heterocycles. The van der Waals surface area contributed by atoms with Gasteiger partial charge in [0.05, 0.1) is 6.61 Å². The molecule has 0 radical (unpaired) electrons. The van der Waals surface area contributed by atoms with Crippen molar-refractivity contribution in [3.05, 3.63) is 0 Å².